The van der Waals surface area contributed by atoms with Crippen molar-refractivity contribution in [2.75, 3.05) is 19.9 Å². The van der Waals surface area contributed by atoms with E-state index in [9.17, 15) is 13.6 Å². The van der Waals surface area contributed by atoms with Crippen molar-refractivity contribution < 1.29 is 13.6 Å². The fourth-order valence-corrected chi connectivity index (χ4v) is 0.474. The lowest BCUT2D eigenvalue weighted by Crippen LogP contribution is -2.42. The predicted octanol–water partition coefficient (Wildman–Crippen LogP) is 0.613. The maximum atomic E-state index is 11.8. The average Bonchev–Trinajstić information content (AvgIpc) is 2.00. The van der Waals surface area contributed by atoms with Gasteiger partial charge in [0.1, 0.15) is 13.3 Å². The van der Waals surface area contributed by atoms with E-state index in [2.05, 4.69) is 10.6 Å². The van der Waals surface area contributed by atoms with Crippen LogP contribution in [0.25, 0.3) is 0 Å². The number of hydrogen-bond donors (Lipinski definition) is 2. The zero-order valence-electron chi connectivity index (χ0n) is 6.36. The Morgan fingerprint density at radius 1 is 1.55 bits per heavy atom. The highest BCUT2D eigenvalue weighted by Crippen LogP contribution is 1.81. The summed E-state index contributed by atoms with van der Waals surface area (Å²) in [7, 11) is 0. The number of amides is 2. The molecule has 2 amide bonds. The predicted molar refractivity (Wildman–Crippen MR) is 37.9 cm³/mol. The van der Waals surface area contributed by atoms with Crippen molar-refractivity contribution >= 4 is 6.03 Å². The van der Waals surface area contributed by atoms with E-state index in [1.54, 1.807) is 0 Å². The van der Waals surface area contributed by atoms with Gasteiger partial charge in [0, 0.05) is 6.54 Å². The molecule has 0 aliphatic rings. The van der Waals surface area contributed by atoms with Gasteiger partial charge >= 0.3 is 6.03 Å². The molecule has 0 aliphatic carbocycles. The lowest BCUT2D eigenvalue weighted by molar-refractivity contribution is 0.234. The first-order chi connectivity index (χ1) is 5.20. The second-order valence-corrected chi connectivity index (χ2v) is 2.14. The van der Waals surface area contributed by atoms with E-state index in [1.165, 1.54) is 6.92 Å². The lowest BCUT2D eigenvalue weighted by atomic mass is 10.4. The van der Waals surface area contributed by atoms with Gasteiger partial charge in [-0.25, -0.2) is 13.6 Å². The molecule has 0 saturated heterocycles. The van der Waals surface area contributed by atoms with Crippen LogP contribution < -0.4 is 10.6 Å². The highest BCUT2D eigenvalue weighted by Gasteiger charge is 2.04. The molecule has 0 heterocycles. The molecule has 1 atom stereocenters. The summed E-state index contributed by atoms with van der Waals surface area (Å²) in [6.45, 7) is 0.250. The van der Waals surface area contributed by atoms with Crippen molar-refractivity contribution in [3.63, 3.8) is 0 Å². The second kappa shape index (κ2) is 5.88. The van der Waals surface area contributed by atoms with E-state index in [0.717, 1.165) is 0 Å². The minimum atomic E-state index is -0.622. The summed E-state index contributed by atoms with van der Waals surface area (Å²) < 4.78 is 23.2. The molecule has 0 spiro atoms. The first kappa shape index (κ1) is 10.1. The molecule has 3 nitrogen and oxygen atoms in total. The van der Waals surface area contributed by atoms with Crippen LogP contribution in [0.2, 0.25) is 0 Å². The average molecular weight is 166 g/mol. The Balaban J connectivity index is 3.36. The molecule has 1 unspecified atom stereocenters. The third-order valence-electron chi connectivity index (χ3n) is 0.989. The molecule has 0 aliphatic heterocycles. The molecular weight excluding hydrogens is 154 g/mol. The Bertz CT molecular complexity index is 121. The molecule has 0 radical (unpaired) electrons. The Morgan fingerprint density at radius 2 is 2.18 bits per heavy atom. The van der Waals surface area contributed by atoms with Gasteiger partial charge in [-0.2, -0.15) is 0 Å². The van der Waals surface area contributed by atoms with Gasteiger partial charge in [0.25, 0.3) is 0 Å². The van der Waals surface area contributed by atoms with E-state index in [1.807, 2.05) is 0 Å². The summed E-state index contributed by atoms with van der Waals surface area (Å²) in [6.07, 6.45) is 0. The Morgan fingerprint density at radius 3 is 2.64 bits per heavy atom. The van der Waals surface area contributed by atoms with E-state index in [4.69, 9.17) is 0 Å². The molecule has 0 bridgehead atoms. The number of carbonyl (C=O) groups excluding carboxylic acids is 1. The fourth-order valence-electron chi connectivity index (χ4n) is 0.474. The summed E-state index contributed by atoms with van der Waals surface area (Å²) in [6, 6.07) is -1.05. The molecule has 2 N–H and O–H groups in total. The summed E-state index contributed by atoms with van der Waals surface area (Å²) in [4.78, 5) is 10.6. The molecule has 0 fully saturated rings. The van der Waals surface area contributed by atoms with Crippen LogP contribution in [0.5, 0.6) is 0 Å². The number of hydrogen-bond acceptors (Lipinski definition) is 1. The smallest absolute Gasteiger partial charge is 0.315 e. The number of alkyl halides is 2. The lowest BCUT2D eigenvalue weighted by Gasteiger charge is -2.09. The third-order valence-corrected chi connectivity index (χ3v) is 0.989. The molecule has 0 aromatic heterocycles. The van der Waals surface area contributed by atoms with E-state index in [-0.39, 0.29) is 6.54 Å². The van der Waals surface area contributed by atoms with Gasteiger partial charge in [-0.1, -0.05) is 0 Å². The molecule has 0 saturated carbocycles. The van der Waals surface area contributed by atoms with Crippen molar-refractivity contribution in [1.29, 1.82) is 0 Å². The minimum absolute atomic E-state index is 0.0369. The minimum Gasteiger partial charge on any atom is -0.336 e. The number of halogens is 2. The second-order valence-electron chi connectivity index (χ2n) is 2.14. The zero-order chi connectivity index (χ0) is 8.69. The number of rotatable bonds is 4. The maximum absolute atomic E-state index is 11.8. The largest absolute Gasteiger partial charge is 0.336 e. The van der Waals surface area contributed by atoms with E-state index < -0.39 is 25.4 Å². The first-order valence-electron chi connectivity index (χ1n) is 3.37. The van der Waals surface area contributed by atoms with Crippen molar-refractivity contribution in [2.24, 2.45) is 0 Å². The van der Waals surface area contributed by atoms with Crippen LogP contribution in [0.1, 0.15) is 6.92 Å². The summed E-state index contributed by atoms with van der Waals surface area (Å²) in [5.41, 5.74) is 0. The molecule has 0 aromatic carbocycles. The van der Waals surface area contributed by atoms with Crippen molar-refractivity contribution in [2.45, 2.75) is 13.0 Å². The maximum Gasteiger partial charge on any atom is 0.315 e. The molecule has 0 aromatic rings. The van der Waals surface area contributed by atoms with Crippen LogP contribution in [0.3, 0.4) is 0 Å². The van der Waals surface area contributed by atoms with E-state index >= 15 is 0 Å². The SMILES string of the molecule is CC(CF)NC(=O)NCCF. The van der Waals surface area contributed by atoms with Crippen LogP contribution in [-0.2, 0) is 0 Å². The van der Waals surface area contributed by atoms with Gasteiger partial charge in [0.15, 0.2) is 0 Å². The summed E-state index contributed by atoms with van der Waals surface area (Å²) in [5, 5.41) is 4.48. The molecule has 0 rings (SSSR count). The molecule has 11 heavy (non-hydrogen) atoms. The van der Waals surface area contributed by atoms with Crippen LogP contribution in [0, 0.1) is 0 Å². The van der Waals surface area contributed by atoms with Crippen molar-refractivity contribution in [3.05, 3.63) is 0 Å². The van der Waals surface area contributed by atoms with Gasteiger partial charge in [0.2, 0.25) is 0 Å². The summed E-state index contributed by atoms with van der Waals surface area (Å²) >= 11 is 0. The highest BCUT2D eigenvalue weighted by molar-refractivity contribution is 5.74. The van der Waals surface area contributed by atoms with Crippen molar-refractivity contribution in [3.8, 4) is 0 Å². The van der Waals surface area contributed by atoms with Crippen LogP contribution >= 0.6 is 0 Å². The molecule has 66 valence electrons. The van der Waals surface area contributed by atoms with Crippen LogP contribution in [-0.4, -0.2) is 32.0 Å². The molecule has 5 heteroatoms. The topological polar surface area (TPSA) is 41.1 Å². The van der Waals surface area contributed by atoms with Gasteiger partial charge in [0.05, 0.1) is 6.04 Å². The van der Waals surface area contributed by atoms with E-state index in [0.29, 0.717) is 0 Å². The van der Waals surface area contributed by atoms with Crippen LogP contribution in [0.4, 0.5) is 13.6 Å². The Kier molecular flexibility index (Phi) is 5.42. The number of nitrogens with one attached hydrogen (secondary N) is 2. The highest BCUT2D eigenvalue weighted by atomic mass is 19.1. The van der Waals surface area contributed by atoms with Crippen LogP contribution in [0.15, 0.2) is 0 Å². The van der Waals surface area contributed by atoms with Crippen molar-refractivity contribution in [1.82, 2.24) is 10.6 Å². The Labute approximate surface area is 64.2 Å². The monoisotopic (exact) mass is 166 g/mol. The van der Waals surface area contributed by atoms with Gasteiger partial charge in [-0.15, -0.1) is 0 Å². The third kappa shape index (κ3) is 5.57. The molecular formula is C6H12F2N2O. The first-order valence-corrected chi connectivity index (χ1v) is 3.37. The normalized spacial score (nSPS) is 12.3. The Hall–Kier alpha value is -0.870. The number of carbonyl (C=O) groups is 1. The summed E-state index contributed by atoms with van der Waals surface area (Å²) in [5.74, 6) is 0. The quantitative estimate of drug-likeness (QED) is 0.631. The van der Waals surface area contributed by atoms with Gasteiger partial charge in [-0.3, -0.25) is 0 Å². The fraction of sp³-hybridized carbons (Fsp3) is 0.833. The zero-order valence-corrected chi connectivity index (χ0v) is 6.36. The number of urea groups is 1. The standard InChI is InChI=1S/C6H12F2N2O/c1-5(4-8)10-6(11)9-3-2-7/h5H,2-4H2,1H3,(H2,9,10,11). The van der Waals surface area contributed by atoms with Gasteiger partial charge in [-0.05, 0) is 6.92 Å². The van der Waals surface area contributed by atoms with Gasteiger partial charge < -0.3 is 10.6 Å².